The number of hydrogen-bond acceptors (Lipinski definition) is 2. The van der Waals surface area contributed by atoms with E-state index in [2.05, 4.69) is 54.3 Å². The molecule has 0 atom stereocenters. The lowest BCUT2D eigenvalue weighted by molar-refractivity contribution is 0.422. The SMILES string of the molecule is CC1=CCN(c2ccccc2)N1C. The highest BCUT2D eigenvalue weighted by Crippen LogP contribution is 2.21. The molecule has 0 bridgehead atoms. The number of rotatable bonds is 1. The first-order valence-corrected chi connectivity index (χ1v) is 4.52. The first-order valence-electron chi connectivity index (χ1n) is 4.52. The first kappa shape index (κ1) is 8.17. The van der Waals surface area contributed by atoms with Gasteiger partial charge in [0.1, 0.15) is 0 Å². The van der Waals surface area contributed by atoms with Crippen LogP contribution in [0.3, 0.4) is 0 Å². The third-order valence-corrected chi connectivity index (χ3v) is 2.49. The summed E-state index contributed by atoms with van der Waals surface area (Å²) in [5, 5.41) is 4.42. The van der Waals surface area contributed by atoms with Crippen LogP contribution in [0.4, 0.5) is 5.69 Å². The molecule has 1 heterocycles. The summed E-state index contributed by atoms with van der Waals surface area (Å²) in [6, 6.07) is 10.4. The topological polar surface area (TPSA) is 6.48 Å². The maximum Gasteiger partial charge on any atom is 0.0597 e. The highest BCUT2D eigenvalue weighted by atomic mass is 15.6. The summed E-state index contributed by atoms with van der Waals surface area (Å²) < 4.78 is 0. The van der Waals surface area contributed by atoms with E-state index in [1.165, 1.54) is 11.4 Å². The second-order valence-electron chi connectivity index (χ2n) is 3.29. The van der Waals surface area contributed by atoms with Crippen molar-refractivity contribution in [3.8, 4) is 0 Å². The van der Waals surface area contributed by atoms with E-state index in [1.807, 2.05) is 6.07 Å². The van der Waals surface area contributed by atoms with Gasteiger partial charge in [0.05, 0.1) is 12.2 Å². The predicted octanol–water partition coefficient (Wildman–Crippen LogP) is 2.26. The van der Waals surface area contributed by atoms with Crippen molar-refractivity contribution in [3.05, 3.63) is 42.1 Å². The second kappa shape index (κ2) is 3.13. The summed E-state index contributed by atoms with van der Waals surface area (Å²) in [5.41, 5.74) is 2.56. The van der Waals surface area contributed by atoms with Crippen molar-refractivity contribution in [2.45, 2.75) is 6.92 Å². The molecule has 0 radical (unpaired) electrons. The van der Waals surface area contributed by atoms with Crippen molar-refractivity contribution >= 4 is 5.69 Å². The van der Waals surface area contributed by atoms with Gasteiger partial charge >= 0.3 is 0 Å². The zero-order valence-corrected chi connectivity index (χ0v) is 8.07. The molecule has 0 spiro atoms. The van der Waals surface area contributed by atoms with Gasteiger partial charge in [-0.3, -0.25) is 10.0 Å². The average molecular weight is 174 g/mol. The minimum atomic E-state index is 0.979. The molecule has 13 heavy (non-hydrogen) atoms. The van der Waals surface area contributed by atoms with Gasteiger partial charge in [0.2, 0.25) is 0 Å². The summed E-state index contributed by atoms with van der Waals surface area (Å²) in [4.78, 5) is 0. The van der Waals surface area contributed by atoms with E-state index >= 15 is 0 Å². The Labute approximate surface area is 79.1 Å². The van der Waals surface area contributed by atoms with Gasteiger partial charge in [-0.2, -0.15) is 0 Å². The molecule has 0 fully saturated rings. The number of anilines is 1. The van der Waals surface area contributed by atoms with Crippen molar-refractivity contribution in [1.29, 1.82) is 0 Å². The fraction of sp³-hybridized carbons (Fsp3) is 0.273. The molecule has 68 valence electrons. The van der Waals surface area contributed by atoms with Gasteiger partial charge in [0.25, 0.3) is 0 Å². The molecule has 0 saturated heterocycles. The number of benzene rings is 1. The van der Waals surface area contributed by atoms with Crippen LogP contribution < -0.4 is 5.01 Å². The Balaban J connectivity index is 2.22. The Morgan fingerprint density at radius 2 is 1.85 bits per heavy atom. The van der Waals surface area contributed by atoms with Gasteiger partial charge in [-0.05, 0) is 25.1 Å². The van der Waals surface area contributed by atoms with Crippen LogP contribution in [0.25, 0.3) is 0 Å². The fourth-order valence-electron chi connectivity index (χ4n) is 1.54. The van der Waals surface area contributed by atoms with Crippen LogP contribution in [0.2, 0.25) is 0 Å². The number of para-hydroxylation sites is 1. The van der Waals surface area contributed by atoms with Crippen LogP contribution in [0.5, 0.6) is 0 Å². The number of hydrazine groups is 1. The molecule has 1 aliphatic heterocycles. The van der Waals surface area contributed by atoms with Crippen molar-refractivity contribution in [2.24, 2.45) is 0 Å². The van der Waals surface area contributed by atoms with E-state index < -0.39 is 0 Å². The van der Waals surface area contributed by atoms with Crippen LogP contribution in [0, 0.1) is 0 Å². The minimum Gasteiger partial charge on any atom is -0.293 e. The molecule has 0 aromatic heterocycles. The molecule has 0 N–H and O–H groups in total. The van der Waals surface area contributed by atoms with Gasteiger partial charge in [0.15, 0.2) is 0 Å². The molecule has 2 nitrogen and oxygen atoms in total. The first-order chi connectivity index (χ1) is 6.29. The Hall–Kier alpha value is -1.44. The molecule has 2 heteroatoms. The van der Waals surface area contributed by atoms with Gasteiger partial charge in [-0.15, -0.1) is 0 Å². The zero-order chi connectivity index (χ0) is 9.26. The smallest absolute Gasteiger partial charge is 0.0597 e. The van der Waals surface area contributed by atoms with Crippen LogP contribution in [0.1, 0.15) is 6.92 Å². The minimum absolute atomic E-state index is 0.979. The molecule has 1 aliphatic rings. The quantitative estimate of drug-likeness (QED) is 0.644. The number of nitrogens with zero attached hydrogens (tertiary/aromatic N) is 2. The van der Waals surface area contributed by atoms with Crippen LogP contribution >= 0.6 is 0 Å². The Kier molecular flexibility index (Phi) is 1.97. The number of hydrogen-bond donors (Lipinski definition) is 0. The highest BCUT2D eigenvalue weighted by molar-refractivity contribution is 5.47. The van der Waals surface area contributed by atoms with Crippen LogP contribution in [-0.2, 0) is 0 Å². The van der Waals surface area contributed by atoms with Crippen LogP contribution in [-0.4, -0.2) is 18.6 Å². The summed E-state index contributed by atoms with van der Waals surface area (Å²) in [6.45, 7) is 3.11. The van der Waals surface area contributed by atoms with E-state index in [1.54, 1.807) is 0 Å². The summed E-state index contributed by atoms with van der Waals surface area (Å²) in [7, 11) is 2.09. The lowest BCUT2D eigenvalue weighted by Gasteiger charge is -2.29. The number of allylic oxidation sites excluding steroid dienone is 1. The monoisotopic (exact) mass is 174 g/mol. The van der Waals surface area contributed by atoms with Gasteiger partial charge in [-0.1, -0.05) is 18.2 Å². The second-order valence-corrected chi connectivity index (χ2v) is 3.29. The van der Waals surface area contributed by atoms with Gasteiger partial charge < -0.3 is 0 Å². The van der Waals surface area contributed by atoms with Crippen molar-refractivity contribution in [1.82, 2.24) is 5.01 Å². The van der Waals surface area contributed by atoms with E-state index in [4.69, 9.17) is 0 Å². The predicted molar refractivity (Wildman–Crippen MR) is 55.3 cm³/mol. The molecule has 1 aromatic carbocycles. The van der Waals surface area contributed by atoms with Gasteiger partial charge in [0, 0.05) is 12.7 Å². The van der Waals surface area contributed by atoms with E-state index in [-0.39, 0.29) is 0 Å². The molecule has 0 aliphatic carbocycles. The molecule has 0 amide bonds. The van der Waals surface area contributed by atoms with E-state index in [0.29, 0.717) is 0 Å². The van der Waals surface area contributed by atoms with Gasteiger partial charge in [-0.25, -0.2) is 0 Å². The lowest BCUT2D eigenvalue weighted by Crippen LogP contribution is -2.33. The van der Waals surface area contributed by atoms with E-state index in [9.17, 15) is 0 Å². The molecular formula is C11H14N2. The largest absolute Gasteiger partial charge is 0.293 e. The third-order valence-electron chi connectivity index (χ3n) is 2.49. The lowest BCUT2D eigenvalue weighted by atomic mass is 10.3. The summed E-state index contributed by atoms with van der Waals surface area (Å²) in [6.07, 6.45) is 2.23. The molecule has 2 rings (SSSR count). The van der Waals surface area contributed by atoms with Crippen molar-refractivity contribution < 1.29 is 0 Å². The molecular weight excluding hydrogens is 160 g/mol. The summed E-state index contributed by atoms with van der Waals surface area (Å²) in [5.74, 6) is 0. The Morgan fingerprint density at radius 1 is 1.15 bits per heavy atom. The standard InChI is InChI=1S/C11H14N2/c1-10-8-9-13(12(10)2)11-6-4-3-5-7-11/h3-8H,9H2,1-2H3. The molecule has 0 saturated carbocycles. The van der Waals surface area contributed by atoms with Crippen molar-refractivity contribution in [2.75, 3.05) is 18.6 Å². The van der Waals surface area contributed by atoms with Crippen molar-refractivity contribution in [3.63, 3.8) is 0 Å². The highest BCUT2D eigenvalue weighted by Gasteiger charge is 2.16. The maximum absolute atomic E-state index is 2.25. The maximum atomic E-state index is 2.25. The normalized spacial score (nSPS) is 16.3. The Morgan fingerprint density at radius 3 is 2.38 bits per heavy atom. The Bertz CT molecular complexity index is 316. The van der Waals surface area contributed by atoms with Crippen LogP contribution in [0.15, 0.2) is 42.1 Å². The zero-order valence-electron chi connectivity index (χ0n) is 8.07. The molecule has 1 aromatic rings. The summed E-state index contributed by atoms with van der Waals surface area (Å²) >= 11 is 0. The average Bonchev–Trinajstić information content (AvgIpc) is 2.49. The third kappa shape index (κ3) is 1.39. The molecule has 0 unspecified atom stereocenters. The van der Waals surface area contributed by atoms with E-state index in [0.717, 1.165) is 6.54 Å². The fourth-order valence-corrected chi connectivity index (χ4v) is 1.54.